The number of carbonyl (C=O) groups excluding carboxylic acids is 1. The highest BCUT2D eigenvalue weighted by Gasteiger charge is 2.48. The summed E-state index contributed by atoms with van der Waals surface area (Å²) in [6, 6.07) is 12.1. The first-order valence-electron chi connectivity index (χ1n) is 6.92. The van der Waals surface area contributed by atoms with Crippen LogP contribution >= 0.6 is 0 Å². The van der Waals surface area contributed by atoms with E-state index in [2.05, 4.69) is 0 Å². The molecular weight excluding hydrogens is 309 g/mol. The van der Waals surface area contributed by atoms with E-state index in [-0.39, 0.29) is 11.3 Å². The van der Waals surface area contributed by atoms with E-state index in [1.165, 1.54) is 19.2 Å². The normalized spacial score (nSPS) is 20.6. The number of hydrogen-bond acceptors (Lipinski definition) is 3. The van der Waals surface area contributed by atoms with Crippen molar-refractivity contribution in [1.82, 2.24) is 0 Å². The van der Waals surface area contributed by atoms with Gasteiger partial charge in [-0.05, 0) is 29.3 Å². The number of cyclic esters (lactones) is 1. The molecule has 1 aliphatic heterocycles. The lowest BCUT2D eigenvalue weighted by atomic mass is 9.82. The number of halogens is 3. The molecule has 2 atom stereocenters. The zero-order chi connectivity index (χ0) is 16.6. The highest BCUT2D eigenvalue weighted by Crippen LogP contribution is 2.48. The molecule has 23 heavy (non-hydrogen) atoms. The van der Waals surface area contributed by atoms with Crippen molar-refractivity contribution in [3.05, 3.63) is 65.2 Å². The van der Waals surface area contributed by atoms with Crippen LogP contribution in [0.1, 0.15) is 28.7 Å². The smallest absolute Gasteiger partial charge is 0.416 e. The Balaban J connectivity index is 2.07. The lowest BCUT2D eigenvalue weighted by Crippen LogP contribution is -2.37. The molecule has 2 aromatic carbocycles. The van der Waals surface area contributed by atoms with Gasteiger partial charge in [-0.3, -0.25) is 4.79 Å². The molecule has 0 radical (unpaired) electrons. The zero-order valence-electron chi connectivity index (χ0n) is 12.1. The van der Waals surface area contributed by atoms with Crippen LogP contribution in [0, 0.1) is 0 Å². The second kappa shape index (κ2) is 5.61. The van der Waals surface area contributed by atoms with Crippen LogP contribution in [0.3, 0.4) is 0 Å². The van der Waals surface area contributed by atoms with Crippen molar-refractivity contribution >= 4 is 5.97 Å². The number of rotatable bonds is 3. The lowest BCUT2D eigenvalue weighted by Gasteiger charge is -2.37. The first-order valence-corrected chi connectivity index (χ1v) is 6.92. The summed E-state index contributed by atoms with van der Waals surface area (Å²) >= 11 is 0. The molecule has 0 aromatic heterocycles. The van der Waals surface area contributed by atoms with E-state index < -0.39 is 29.7 Å². The Morgan fingerprint density at radius 1 is 1.09 bits per heavy atom. The summed E-state index contributed by atoms with van der Waals surface area (Å²) in [6.07, 6.45) is -5.28. The fourth-order valence-corrected chi connectivity index (χ4v) is 2.69. The predicted octanol–water partition coefficient (Wildman–Crippen LogP) is 4.10. The van der Waals surface area contributed by atoms with Gasteiger partial charge in [-0.1, -0.05) is 30.3 Å². The SMILES string of the molecule is COc1ccc(C(F)(F)F)c([C@H]2C(=O)O[C@H]2c2ccccc2)c1. The van der Waals surface area contributed by atoms with Crippen molar-refractivity contribution in [1.29, 1.82) is 0 Å². The highest BCUT2D eigenvalue weighted by atomic mass is 19.4. The molecule has 0 unspecified atom stereocenters. The van der Waals surface area contributed by atoms with E-state index in [1.54, 1.807) is 30.3 Å². The third-order valence-electron chi connectivity index (χ3n) is 3.83. The second-order valence-corrected chi connectivity index (χ2v) is 5.20. The summed E-state index contributed by atoms with van der Waals surface area (Å²) in [5.41, 5.74) is -0.309. The summed E-state index contributed by atoms with van der Waals surface area (Å²) in [7, 11) is 1.36. The molecule has 3 nitrogen and oxygen atoms in total. The molecule has 0 amide bonds. The number of methoxy groups -OCH3 is 1. The van der Waals surface area contributed by atoms with Gasteiger partial charge >= 0.3 is 12.1 Å². The Bertz CT molecular complexity index is 726. The minimum Gasteiger partial charge on any atom is -0.497 e. The summed E-state index contributed by atoms with van der Waals surface area (Å²) in [4.78, 5) is 11.9. The highest BCUT2D eigenvalue weighted by molar-refractivity contribution is 5.85. The summed E-state index contributed by atoms with van der Waals surface area (Å²) < 4.78 is 49.9. The average molecular weight is 322 g/mol. The Hall–Kier alpha value is -2.50. The van der Waals surface area contributed by atoms with E-state index in [1.807, 2.05) is 0 Å². The molecule has 0 N–H and O–H groups in total. The molecule has 0 saturated carbocycles. The zero-order valence-corrected chi connectivity index (χ0v) is 12.1. The van der Waals surface area contributed by atoms with Gasteiger partial charge < -0.3 is 9.47 Å². The Labute approximate surface area is 130 Å². The average Bonchev–Trinajstić information content (AvgIpc) is 2.52. The quantitative estimate of drug-likeness (QED) is 0.798. The maximum Gasteiger partial charge on any atom is 0.416 e. The third-order valence-corrected chi connectivity index (χ3v) is 3.83. The van der Waals surface area contributed by atoms with E-state index in [0.717, 1.165) is 6.07 Å². The van der Waals surface area contributed by atoms with Crippen molar-refractivity contribution in [2.24, 2.45) is 0 Å². The molecular formula is C17H13F3O3. The van der Waals surface area contributed by atoms with Crippen LogP contribution in [0.4, 0.5) is 13.2 Å². The summed E-state index contributed by atoms with van der Waals surface area (Å²) in [5, 5.41) is 0. The minimum absolute atomic E-state index is 0.123. The van der Waals surface area contributed by atoms with Gasteiger partial charge in [0.2, 0.25) is 0 Å². The Morgan fingerprint density at radius 3 is 2.35 bits per heavy atom. The van der Waals surface area contributed by atoms with Gasteiger partial charge in [-0.25, -0.2) is 0 Å². The van der Waals surface area contributed by atoms with E-state index >= 15 is 0 Å². The van der Waals surface area contributed by atoms with E-state index in [0.29, 0.717) is 5.56 Å². The number of esters is 1. The topological polar surface area (TPSA) is 35.5 Å². The lowest BCUT2D eigenvalue weighted by molar-refractivity contribution is -0.177. The molecule has 6 heteroatoms. The number of alkyl halides is 3. The maximum absolute atomic E-state index is 13.3. The van der Waals surface area contributed by atoms with Crippen molar-refractivity contribution in [3.8, 4) is 5.75 Å². The maximum atomic E-state index is 13.3. The monoisotopic (exact) mass is 322 g/mol. The molecule has 2 aromatic rings. The molecule has 0 spiro atoms. The fraction of sp³-hybridized carbons (Fsp3) is 0.235. The molecule has 1 fully saturated rings. The number of carbonyl (C=O) groups is 1. The first kappa shape index (κ1) is 15.4. The van der Waals surface area contributed by atoms with Crippen LogP contribution in [0.25, 0.3) is 0 Å². The van der Waals surface area contributed by atoms with Gasteiger partial charge in [0, 0.05) is 0 Å². The minimum atomic E-state index is -4.56. The second-order valence-electron chi connectivity index (χ2n) is 5.20. The van der Waals surface area contributed by atoms with Crippen molar-refractivity contribution in [2.45, 2.75) is 18.2 Å². The van der Waals surface area contributed by atoms with Gasteiger partial charge in [0.25, 0.3) is 0 Å². The van der Waals surface area contributed by atoms with Crippen LogP contribution < -0.4 is 4.74 Å². The largest absolute Gasteiger partial charge is 0.497 e. The van der Waals surface area contributed by atoms with Crippen LogP contribution in [0.2, 0.25) is 0 Å². The summed E-state index contributed by atoms with van der Waals surface area (Å²) in [6.45, 7) is 0. The standard InChI is InChI=1S/C17H13F3O3/c1-22-11-7-8-13(17(18,19)20)12(9-11)14-15(23-16(14)21)10-5-3-2-4-6-10/h2-9,14-15H,1H3/t14-,15+/m1/s1. The first-order chi connectivity index (χ1) is 10.9. The Kier molecular flexibility index (Phi) is 3.75. The van der Waals surface area contributed by atoms with Crippen LogP contribution in [-0.4, -0.2) is 13.1 Å². The van der Waals surface area contributed by atoms with Gasteiger partial charge in [0.15, 0.2) is 0 Å². The molecule has 1 heterocycles. The molecule has 120 valence electrons. The van der Waals surface area contributed by atoms with Crippen LogP contribution in [0.15, 0.2) is 48.5 Å². The van der Waals surface area contributed by atoms with Crippen LogP contribution in [-0.2, 0) is 15.7 Å². The molecule has 1 aliphatic rings. The van der Waals surface area contributed by atoms with Crippen LogP contribution in [0.5, 0.6) is 5.75 Å². The van der Waals surface area contributed by atoms with Gasteiger partial charge in [0.05, 0.1) is 12.7 Å². The molecule has 0 aliphatic carbocycles. The van der Waals surface area contributed by atoms with Gasteiger partial charge in [-0.15, -0.1) is 0 Å². The van der Waals surface area contributed by atoms with Gasteiger partial charge in [-0.2, -0.15) is 13.2 Å². The predicted molar refractivity (Wildman–Crippen MR) is 76.0 cm³/mol. The molecule has 3 rings (SSSR count). The van der Waals surface area contributed by atoms with E-state index in [4.69, 9.17) is 9.47 Å². The van der Waals surface area contributed by atoms with Crippen molar-refractivity contribution < 1.29 is 27.4 Å². The molecule has 0 bridgehead atoms. The summed E-state index contributed by atoms with van der Waals surface area (Å²) in [5.74, 6) is -1.40. The van der Waals surface area contributed by atoms with Crippen molar-refractivity contribution in [2.75, 3.05) is 7.11 Å². The third kappa shape index (κ3) is 2.76. The number of hydrogen-bond donors (Lipinski definition) is 0. The molecule has 1 saturated heterocycles. The van der Waals surface area contributed by atoms with Crippen molar-refractivity contribution in [3.63, 3.8) is 0 Å². The fourth-order valence-electron chi connectivity index (χ4n) is 2.69. The van der Waals surface area contributed by atoms with E-state index in [9.17, 15) is 18.0 Å². The number of ether oxygens (including phenoxy) is 2. The van der Waals surface area contributed by atoms with Gasteiger partial charge in [0.1, 0.15) is 17.8 Å². The number of benzene rings is 2. The Morgan fingerprint density at radius 2 is 1.78 bits per heavy atom.